The van der Waals surface area contributed by atoms with Gasteiger partial charge in [-0.25, -0.2) is 4.39 Å². The number of benzene rings is 1. The molecule has 1 aromatic carbocycles. The van der Waals surface area contributed by atoms with Crippen molar-refractivity contribution < 1.29 is 9.18 Å². The third kappa shape index (κ3) is 3.17. The van der Waals surface area contributed by atoms with E-state index in [9.17, 15) is 9.18 Å². The van der Waals surface area contributed by atoms with Crippen LogP contribution in [0.3, 0.4) is 0 Å². The van der Waals surface area contributed by atoms with Crippen LogP contribution < -0.4 is 10.6 Å². The second kappa shape index (κ2) is 5.47. The first-order valence-corrected chi connectivity index (χ1v) is 5.93. The van der Waals surface area contributed by atoms with Gasteiger partial charge in [-0.05, 0) is 11.6 Å². The van der Waals surface area contributed by atoms with Gasteiger partial charge in [0, 0.05) is 24.5 Å². The Morgan fingerprint density at radius 2 is 2.29 bits per heavy atom. The Morgan fingerprint density at radius 1 is 1.53 bits per heavy atom. The van der Waals surface area contributed by atoms with Crippen molar-refractivity contribution >= 4 is 17.5 Å². The molecular formula is C12H14ClFN2O. The maximum atomic E-state index is 12.9. The zero-order chi connectivity index (χ0) is 12.3. The van der Waals surface area contributed by atoms with E-state index in [1.165, 1.54) is 0 Å². The smallest absolute Gasteiger partial charge is 0.237 e. The molecule has 0 bridgehead atoms. The number of amides is 1. The monoisotopic (exact) mass is 256 g/mol. The van der Waals surface area contributed by atoms with E-state index in [1.807, 2.05) is 18.2 Å². The summed E-state index contributed by atoms with van der Waals surface area (Å²) >= 11 is 5.96. The molecule has 0 spiro atoms. The second-order valence-corrected chi connectivity index (χ2v) is 4.51. The number of alkyl halides is 1. The quantitative estimate of drug-likeness (QED) is 0.864. The number of carbonyl (C=O) groups excluding carboxylic acids is 1. The lowest BCUT2D eigenvalue weighted by Crippen LogP contribution is -2.40. The lowest BCUT2D eigenvalue weighted by molar-refractivity contribution is -0.123. The van der Waals surface area contributed by atoms with Gasteiger partial charge in [0.25, 0.3) is 0 Å². The third-order valence-electron chi connectivity index (χ3n) is 2.80. The van der Waals surface area contributed by atoms with Gasteiger partial charge in [0.1, 0.15) is 6.17 Å². The maximum Gasteiger partial charge on any atom is 0.237 e. The molecule has 2 N–H and O–H groups in total. The highest BCUT2D eigenvalue weighted by Crippen LogP contribution is 2.15. The third-order valence-corrected chi connectivity index (χ3v) is 3.17. The van der Waals surface area contributed by atoms with Gasteiger partial charge in [-0.1, -0.05) is 29.8 Å². The molecule has 5 heteroatoms. The Hall–Kier alpha value is -1.13. The molecule has 1 aliphatic rings. The van der Waals surface area contributed by atoms with Gasteiger partial charge in [0.05, 0.1) is 6.04 Å². The van der Waals surface area contributed by atoms with Gasteiger partial charge in [-0.15, -0.1) is 0 Å². The van der Waals surface area contributed by atoms with Gasteiger partial charge < -0.3 is 10.6 Å². The van der Waals surface area contributed by atoms with Crippen molar-refractivity contribution in [2.45, 2.75) is 25.2 Å². The lowest BCUT2D eigenvalue weighted by atomic mass is 10.2. The van der Waals surface area contributed by atoms with E-state index in [0.29, 0.717) is 11.6 Å². The highest BCUT2D eigenvalue weighted by atomic mass is 35.5. The molecule has 0 unspecified atom stereocenters. The fourth-order valence-corrected chi connectivity index (χ4v) is 2.04. The molecule has 2 atom stereocenters. The average Bonchev–Trinajstić information content (AvgIpc) is 2.74. The lowest BCUT2D eigenvalue weighted by Gasteiger charge is -2.11. The summed E-state index contributed by atoms with van der Waals surface area (Å²) in [4.78, 5) is 11.7. The van der Waals surface area contributed by atoms with Crippen molar-refractivity contribution in [3.05, 3.63) is 34.9 Å². The van der Waals surface area contributed by atoms with Crippen LogP contribution >= 0.6 is 11.6 Å². The Bertz CT molecular complexity index is 413. The zero-order valence-electron chi connectivity index (χ0n) is 9.25. The van der Waals surface area contributed by atoms with E-state index in [1.54, 1.807) is 6.07 Å². The summed E-state index contributed by atoms with van der Waals surface area (Å²) in [5.41, 5.74) is 0.859. The van der Waals surface area contributed by atoms with Gasteiger partial charge in [0.2, 0.25) is 5.91 Å². The van der Waals surface area contributed by atoms with Crippen molar-refractivity contribution in [2.24, 2.45) is 0 Å². The molecule has 1 heterocycles. The molecule has 0 aliphatic carbocycles. The van der Waals surface area contributed by atoms with Gasteiger partial charge in [-0.3, -0.25) is 4.79 Å². The minimum atomic E-state index is -0.925. The fourth-order valence-electron chi connectivity index (χ4n) is 1.84. The molecular weight excluding hydrogens is 243 g/mol. The summed E-state index contributed by atoms with van der Waals surface area (Å²) in [6, 6.07) is 6.89. The summed E-state index contributed by atoms with van der Waals surface area (Å²) in [7, 11) is 0. The summed E-state index contributed by atoms with van der Waals surface area (Å²) in [6.45, 7) is 0.623. The Kier molecular flexibility index (Phi) is 3.97. The number of hydrogen-bond donors (Lipinski definition) is 2. The van der Waals surface area contributed by atoms with Crippen LogP contribution in [0.1, 0.15) is 12.0 Å². The van der Waals surface area contributed by atoms with Gasteiger partial charge in [-0.2, -0.15) is 0 Å². The largest absolute Gasteiger partial charge is 0.351 e. The molecule has 1 aliphatic heterocycles. The van der Waals surface area contributed by atoms with Crippen molar-refractivity contribution in [1.82, 2.24) is 10.6 Å². The second-order valence-electron chi connectivity index (χ2n) is 4.10. The normalized spacial score (nSPS) is 23.6. The SMILES string of the molecule is O=C(NCc1ccccc1Cl)[C@H]1C[C@H](F)CN1. The molecule has 0 saturated carbocycles. The molecule has 1 fully saturated rings. The summed E-state index contributed by atoms with van der Waals surface area (Å²) in [5.74, 6) is -0.176. The predicted octanol–water partition coefficient (Wildman–Crippen LogP) is 1.66. The van der Waals surface area contributed by atoms with E-state index in [0.717, 1.165) is 5.56 Å². The van der Waals surface area contributed by atoms with Crippen molar-refractivity contribution in [2.75, 3.05) is 6.54 Å². The van der Waals surface area contributed by atoms with Crippen molar-refractivity contribution in [3.8, 4) is 0 Å². The van der Waals surface area contributed by atoms with Gasteiger partial charge >= 0.3 is 0 Å². The highest BCUT2D eigenvalue weighted by molar-refractivity contribution is 6.31. The summed E-state index contributed by atoms with van der Waals surface area (Å²) < 4.78 is 12.9. The van der Waals surface area contributed by atoms with E-state index in [4.69, 9.17) is 11.6 Å². The topological polar surface area (TPSA) is 41.1 Å². The molecule has 1 amide bonds. The molecule has 2 rings (SSSR count). The molecule has 0 radical (unpaired) electrons. The molecule has 1 saturated heterocycles. The predicted molar refractivity (Wildman–Crippen MR) is 64.6 cm³/mol. The van der Waals surface area contributed by atoms with Crippen LogP contribution in [0.2, 0.25) is 5.02 Å². The van der Waals surface area contributed by atoms with E-state index < -0.39 is 12.2 Å². The van der Waals surface area contributed by atoms with E-state index in [-0.39, 0.29) is 18.9 Å². The van der Waals surface area contributed by atoms with Crippen LogP contribution in [0.5, 0.6) is 0 Å². The van der Waals surface area contributed by atoms with Crippen molar-refractivity contribution in [3.63, 3.8) is 0 Å². The molecule has 1 aromatic rings. The zero-order valence-corrected chi connectivity index (χ0v) is 10.0. The van der Waals surface area contributed by atoms with Gasteiger partial charge in [0.15, 0.2) is 0 Å². The molecule has 17 heavy (non-hydrogen) atoms. The molecule has 0 aromatic heterocycles. The Morgan fingerprint density at radius 3 is 2.94 bits per heavy atom. The minimum Gasteiger partial charge on any atom is -0.351 e. The minimum absolute atomic E-state index is 0.176. The number of halogens is 2. The molecule has 3 nitrogen and oxygen atoms in total. The van der Waals surface area contributed by atoms with E-state index in [2.05, 4.69) is 10.6 Å². The summed E-state index contributed by atoms with van der Waals surface area (Å²) in [5, 5.41) is 6.21. The van der Waals surface area contributed by atoms with Crippen LogP contribution in [-0.4, -0.2) is 24.7 Å². The average molecular weight is 257 g/mol. The van der Waals surface area contributed by atoms with Crippen LogP contribution in [0.4, 0.5) is 4.39 Å². The fraction of sp³-hybridized carbons (Fsp3) is 0.417. The number of hydrogen-bond acceptors (Lipinski definition) is 2. The number of nitrogens with one attached hydrogen (secondary N) is 2. The first-order chi connectivity index (χ1) is 8.16. The number of rotatable bonds is 3. The van der Waals surface area contributed by atoms with Crippen LogP contribution in [-0.2, 0) is 11.3 Å². The van der Waals surface area contributed by atoms with Crippen LogP contribution in [0.15, 0.2) is 24.3 Å². The Labute approximate surface area is 104 Å². The summed E-state index contributed by atoms with van der Waals surface area (Å²) in [6.07, 6.45) is -0.681. The van der Waals surface area contributed by atoms with Crippen molar-refractivity contribution in [1.29, 1.82) is 0 Å². The van der Waals surface area contributed by atoms with Crippen LogP contribution in [0, 0.1) is 0 Å². The van der Waals surface area contributed by atoms with E-state index >= 15 is 0 Å². The maximum absolute atomic E-state index is 12.9. The highest BCUT2D eigenvalue weighted by Gasteiger charge is 2.28. The standard InChI is InChI=1S/C12H14ClFN2O/c13-10-4-2-1-3-8(10)6-16-12(17)11-5-9(14)7-15-11/h1-4,9,11,15H,5-7H2,(H,16,17)/t9-,11+/m0/s1. The Balaban J connectivity index is 1.86. The molecule has 92 valence electrons. The van der Waals surface area contributed by atoms with Crippen LogP contribution in [0.25, 0.3) is 0 Å². The first-order valence-electron chi connectivity index (χ1n) is 5.55. The first kappa shape index (κ1) is 12.3. The number of carbonyl (C=O) groups is 1.